The van der Waals surface area contributed by atoms with Crippen LogP contribution in [0.3, 0.4) is 0 Å². The van der Waals surface area contributed by atoms with Crippen LogP contribution >= 0.6 is 11.6 Å². The fourth-order valence-electron chi connectivity index (χ4n) is 2.22. The van der Waals surface area contributed by atoms with E-state index in [1.165, 1.54) is 5.56 Å². The van der Waals surface area contributed by atoms with Crippen molar-refractivity contribution in [3.8, 4) is 0 Å². The molecular weight excluding hydrogens is 244 g/mol. The monoisotopic (exact) mass is 268 g/mol. The summed E-state index contributed by atoms with van der Waals surface area (Å²) in [6, 6.07) is 8.87. The van der Waals surface area contributed by atoms with Crippen LogP contribution < -0.4 is 5.32 Å². The van der Waals surface area contributed by atoms with Crippen molar-refractivity contribution in [2.45, 2.75) is 39.8 Å². The number of hydrogen-bond acceptors (Lipinski definition) is 2. The van der Waals surface area contributed by atoms with Crippen molar-refractivity contribution in [1.82, 2.24) is 10.2 Å². The maximum Gasteiger partial charge on any atom is 0.0409 e. The van der Waals surface area contributed by atoms with Crippen LogP contribution in [0.2, 0.25) is 5.02 Å². The van der Waals surface area contributed by atoms with Gasteiger partial charge >= 0.3 is 0 Å². The molecule has 102 valence electrons. The average Bonchev–Trinajstić information content (AvgIpc) is 2.35. The van der Waals surface area contributed by atoms with Gasteiger partial charge in [0.25, 0.3) is 0 Å². The normalized spacial score (nSPS) is 14.8. The summed E-state index contributed by atoms with van der Waals surface area (Å²) in [4.78, 5) is 2.43. The molecule has 2 nitrogen and oxygen atoms in total. The first-order valence-corrected chi connectivity index (χ1v) is 7.18. The number of benzene rings is 1. The summed E-state index contributed by atoms with van der Waals surface area (Å²) in [6.45, 7) is 12.1. The lowest BCUT2D eigenvalue weighted by Crippen LogP contribution is -2.40. The summed E-state index contributed by atoms with van der Waals surface area (Å²) in [5, 5.41) is 4.43. The van der Waals surface area contributed by atoms with Gasteiger partial charge in [0.05, 0.1) is 0 Å². The molecule has 18 heavy (non-hydrogen) atoms. The van der Waals surface area contributed by atoms with E-state index >= 15 is 0 Å². The summed E-state index contributed by atoms with van der Waals surface area (Å²) in [7, 11) is 0. The second kappa shape index (κ2) is 7.78. The number of likely N-dealkylation sites (N-methyl/N-ethyl adjacent to an activating group) is 1. The molecule has 1 aromatic rings. The Balaban J connectivity index is 2.51. The van der Waals surface area contributed by atoms with Gasteiger partial charge in [-0.05, 0) is 44.6 Å². The summed E-state index contributed by atoms with van der Waals surface area (Å²) >= 11 is 6.02. The van der Waals surface area contributed by atoms with E-state index in [-0.39, 0.29) is 0 Å². The van der Waals surface area contributed by atoms with Crippen molar-refractivity contribution in [3.63, 3.8) is 0 Å². The van der Waals surface area contributed by atoms with E-state index in [2.05, 4.69) is 44.0 Å². The lowest BCUT2D eigenvalue weighted by atomic mass is 10.1. The first kappa shape index (κ1) is 15.5. The molecule has 0 aliphatic carbocycles. The van der Waals surface area contributed by atoms with Crippen molar-refractivity contribution in [1.29, 1.82) is 0 Å². The fourth-order valence-corrected chi connectivity index (χ4v) is 2.42. The lowest BCUT2D eigenvalue weighted by Gasteiger charge is -2.26. The number of nitrogens with zero attached hydrogens (tertiary/aromatic N) is 1. The summed E-state index contributed by atoms with van der Waals surface area (Å²) < 4.78 is 0. The molecule has 0 aliphatic heterocycles. The van der Waals surface area contributed by atoms with E-state index in [1.807, 2.05) is 18.2 Å². The van der Waals surface area contributed by atoms with Crippen LogP contribution in [0.25, 0.3) is 0 Å². The minimum atomic E-state index is 0.328. The zero-order chi connectivity index (χ0) is 13.5. The third-order valence-electron chi connectivity index (χ3n) is 3.31. The van der Waals surface area contributed by atoms with Crippen LogP contribution in [0.5, 0.6) is 0 Å². The van der Waals surface area contributed by atoms with Gasteiger partial charge in [-0.25, -0.2) is 0 Å². The smallest absolute Gasteiger partial charge is 0.0409 e. The zero-order valence-electron chi connectivity index (χ0n) is 11.9. The first-order valence-electron chi connectivity index (χ1n) is 6.80. The molecule has 0 amide bonds. The van der Waals surface area contributed by atoms with Gasteiger partial charge in [0.15, 0.2) is 0 Å². The molecule has 0 heterocycles. The van der Waals surface area contributed by atoms with Gasteiger partial charge in [-0.1, -0.05) is 37.6 Å². The predicted octanol–water partition coefficient (Wildman–Crippen LogP) is 3.72. The molecule has 2 unspecified atom stereocenters. The van der Waals surface area contributed by atoms with Crippen molar-refractivity contribution in [3.05, 3.63) is 34.9 Å². The molecule has 0 spiro atoms. The molecule has 1 N–H and O–H groups in total. The number of hydrogen-bond donors (Lipinski definition) is 1. The Labute approximate surface area is 116 Å². The molecule has 0 bridgehead atoms. The maximum atomic E-state index is 6.02. The standard InChI is InChI=1S/C15H25ClN2/c1-5-18(6-2)11-12(3)17-13(4)14-8-7-9-15(16)10-14/h7-10,12-13,17H,5-6,11H2,1-4H3. The van der Waals surface area contributed by atoms with E-state index in [1.54, 1.807) is 0 Å². The van der Waals surface area contributed by atoms with Crippen molar-refractivity contribution < 1.29 is 0 Å². The van der Waals surface area contributed by atoms with Gasteiger partial charge in [-0.15, -0.1) is 0 Å². The molecule has 0 saturated carbocycles. The Morgan fingerprint density at radius 1 is 1.22 bits per heavy atom. The van der Waals surface area contributed by atoms with E-state index in [4.69, 9.17) is 11.6 Å². The Hall–Kier alpha value is -0.570. The summed E-state index contributed by atoms with van der Waals surface area (Å²) in [6.07, 6.45) is 0. The molecule has 0 radical (unpaired) electrons. The highest BCUT2D eigenvalue weighted by Crippen LogP contribution is 2.17. The molecule has 1 aromatic carbocycles. The Morgan fingerprint density at radius 3 is 2.44 bits per heavy atom. The van der Waals surface area contributed by atoms with Gasteiger partial charge in [0.2, 0.25) is 0 Å². The van der Waals surface area contributed by atoms with E-state index in [9.17, 15) is 0 Å². The second-order valence-corrected chi connectivity index (χ2v) is 5.27. The minimum absolute atomic E-state index is 0.328. The molecule has 0 aromatic heterocycles. The van der Waals surface area contributed by atoms with Crippen LogP contribution in [0, 0.1) is 0 Å². The lowest BCUT2D eigenvalue weighted by molar-refractivity contribution is 0.264. The Bertz CT molecular complexity index is 350. The maximum absolute atomic E-state index is 6.02. The van der Waals surface area contributed by atoms with Crippen LogP contribution in [0.1, 0.15) is 39.3 Å². The van der Waals surface area contributed by atoms with Crippen molar-refractivity contribution in [2.24, 2.45) is 0 Å². The van der Waals surface area contributed by atoms with Gasteiger partial charge < -0.3 is 10.2 Å². The molecule has 0 aliphatic rings. The quantitative estimate of drug-likeness (QED) is 0.811. The third kappa shape index (κ3) is 4.97. The summed E-state index contributed by atoms with van der Waals surface area (Å²) in [5.74, 6) is 0. The largest absolute Gasteiger partial charge is 0.306 e. The van der Waals surface area contributed by atoms with E-state index in [0.29, 0.717) is 12.1 Å². The van der Waals surface area contributed by atoms with Crippen LogP contribution in [-0.4, -0.2) is 30.6 Å². The van der Waals surface area contributed by atoms with Crippen molar-refractivity contribution in [2.75, 3.05) is 19.6 Å². The van der Waals surface area contributed by atoms with Gasteiger partial charge in [0.1, 0.15) is 0 Å². The second-order valence-electron chi connectivity index (χ2n) is 4.83. The SMILES string of the molecule is CCN(CC)CC(C)NC(C)c1cccc(Cl)c1. The molecule has 0 fully saturated rings. The topological polar surface area (TPSA) is 15.3 Å². The third-order valence-corrected chi connectivity index (χ3v) is 3.54. The zero-order valence-corrected chi connectivity index (χ0v) is 12.7. The highest BCUT2D eigenvalue weighted by atomic mass is 35.5. The highest BCUT2D eigenvalue weighted by Gasteiger charge is 2.11. The number of rotatable bonds is 7. The highest BCUT2D eigenvalue weighted by molar-refractivity contribution is 6.30. The predicted molar refractivity (Wildman–Crippen MR) is 80.3 cm³/mol. The van der Waals surface area contributed by atoms with E-state index < -0.39 is 0 Å². The van der Waals surface area contributed by atoms with Crippen LogP contribution in [0.15, 0.2) is 24.3 Å². The first-order chi connectivity index (χ1) is 8.56. The minimum Gasteiger partial charge on any atom is -0.306 e. The van der Waals surface area contributed by atoms with Crippen molar-refractivity contribution >= 4 is 11.6 Å². The summed E-state index contributed by atoms with van der Waals surface area (Å²) in [5.41, 5.74) is 1.24. The number of halogens is 1. The van der Waals surface area contributed by atoms with Crippen LogP contribution in [-0.2, 0) is 0 Å². The fraction of sp³-hybridized carbons (Fsp3) is 0.600. The molecule has 2 atom stereocenters. The van der Waals surface area contributed by atoms with Crippen LogP contribution in [0.4, 0.5) is 0 Å². The van der Waals surface area contributed by atoms with Gasteiger partial charge in [0, 0.05) is 23.7 Å². The molecule has 1 rings (SSSR count). The molecule has 3 heteroatoms. The molecular formula is C15H25ClN2. The molecule has 0 saturated heterocycles. The van der Waals surface area contributed by atoms with E-state index in [0.717, 1.165) is 24.7 Å². The Kier molecular flexibility index (Phi) is 6.69. The average molecular weight is 269 g/mol. The van der Waals surface area contributed by atoms with Gasteiger partial charge in [-0.3, -0.25) is 0 Å². The Morgan fingerprint density at radius 2 is 1.89 bits per heavy atom. The van der Waals surface area contributed by atoms with Gasteiger partial charge in [-0.2, -0.15) is 0 Å². The number of nitrogens with one attached hydrogen (secondary N) is 1.